The molecule has 0 saturated carbocycles. The van der Waals surface area contributed by atoms with Crippen LogP contribution in [0.5, 0.6) is 0 Å². The molecular weight excluding hydrogens is 354 g/mol. The first-order chi connectivity index (χ1) is 12.3. The van der Waals surface area contributed by atoms with Gasteiger partial charge < -0.3 is 10.3 Å². The van der Waals surface area contributed by atoms with Gasteiger partial charge >= 0.3 is 6.18 Å². The Bertz CT molecular complexity index is 1100. The van der Waals surface area contributed by atoms with E-state index in [1.54, 1.807) is 18.5 Å². The van der Waals surface area contributed by atoms with Crippen molar-refractivity contribution in [3.8, 4) is 11.3 Å². The standard InChI is InChI=1S/C15H11F4N7/c1-7(15(17,18)19)23-14-21-5-9-8(4-20-12(9)25-14)11-2-3-26-13(24-11)10(16)6-22-26/h2-7H,1H3,(H2,20,21,23,25). The number of fused-ring (bicyclic) bond motifs is 2. The van der Waals surface area contributed by atoms with E-state index in [1.807, 2.05) is 0 Å². The summed E-state index contributed by atoms with van der Waals surface area (Å²) in [5.41, 5.74) is 1.45. The quantitative estimate of drug-likeness (QED) is 0.545. The largest absolute Gasteiger partial charge is 0.408 e. The summed E-state index contributed by atoms with van der Waals surface area (Å²) >= 11 is 0. The average molecular weight is 365 g/mol. The van der Waals surface area contributed by atoms with E-state index < -0.39 is 18.0 Å². The number of hydrogen-bond donors (Lipinski definition) is 2. The van der Waals surface area contributed by atoms with Gasteiger partial charge in [-0.05, 0) is 13.0 Å². The van der Waals surface area contributed by atoms with Gasteiger partial charge in [0.25, 0.3) is 0 Å². The van der Waals surface area contributed by atoms with Crippen molar-refractivity contribution in [3.05, 3.63) is 36.7 Å². The van der Waals surface area contributed by atoms with Crippen LogP contribution in [0, 0.1) is 5.82 Å². The van der Waals surface area contributed by atoms with Crippen molar-refractivity contribution in [1.82, 2.24) is 29.5 Å². The summed E-state index contributed by atoms with van der Waals surface area (Å²) in [6, 6.07) is -0.150. The Morgan fingerprint density at radius 2 is 2.04 bits per heavy atom. The summed E-state index contributed by atoms with van der Waals surface area (Å²) < 4.78 is 52.9. The number of aromatic nitrogens is 6. The zero-order valence-corrected chi connectivity index (χ0v) is 13.2. The first-order valence-electron chi connectivity index (χ1n) is 7.50. The lowest BCUT2D eigenvalue weighted by Gasteiger charge is -2.16. The molecule has 2 N–H and O–H groups in total. The SMILES string of the molecule is CC(Nc1ncc2c(-c3ccn4ncc(F)c4n3)c[nH]c2n1)C(F)(F)F. The lowest BCUT2D eigenvalue weighted by atomic mass is 10.2. The molecule has 0 amide bonds. The van der Waals surface area contributed by atoms with Gasteiger partial charge in [0.05, 0.1) is 11.9 Å². The van der Waals surface area contributed by atoms with Crippen molar-refractivity contribution in [2.75, 3.05) is 5.32 Å². The van der Waals surface area contributed by atoms with Crippen molar-refractivity contribution >= 4 is 22.6 Å². The Morgan fingerprint density at radius 1 is 1.23 bits per heavy atom. The Balaban J connectivity index is 1.71. The molecule has 0 saturated heterocycles. The number of nitrogens with zero attached hydrogens (tertiary/aromatic N) is 5. The van der Waals surface area contributed by atoms with Crippen LogP contribution in [-0.2, 0) is 0 Å². The van der Waals surface area contributed by atoms with Crippen LogP contribution >= 0.6 is 0 Å². The van der Waals surface area contributed by atoms with Gasteiger partial charge in [-0.1, -0.05) is 0 Å². The highest BCUT2D eigenvalue weighted by Crippen LogP contribution is 2.28. The average Bonchev–Trinajstić information content (AvgIpc) is 3.17. The molecule has 134 valence electrons. The molecule has 4 aromatic rings. The van der Waals surface area contributed by atoms with Gasteiger partial charge in [-0.2, -0.15) is 23.3 Å². The van der Waals surface area contributed by atoms with Gasteiger partial charge in [0.15, 0.2) is 11.5 Å². The van der Waals surface area contributed by atoms with E-state index in [4.69, 9.17) is 0 Å². The van der Waals surface area contributed by atoms with Crippen molar-refractivity contribution in [1.29, 1.82) is 0 Å². The minimum Gasteiger partial charge on any atom is -0.345 e. The molecule has 7 nitrogen and oxygen atoms in total. The molecule has 0 aliphatic rings. The summed E-state index contributed by atoms with van der Waals surface area (Å²) in [7, 11) is 0. The minimum atomic E-state index is -4.41. The molecule has 11 heteroatoms. The van der Waals surface area contributed by atoms with Gasteiger partial charge in [-0.3, -0.25) is 0 Å². The van der Waals surface area contributed by atoms with Crippen LogP contribution in [0.15, 0.2) is 30.9 Å². The topological polar surface area (TPSA) is 83.8 Å². The molecule has 0 radical (unpaired) electrons. The van der Waals surface area contributed by atoms with E-state index in [-0.39, 0.29) is 11.6 Å². The molecule has 1 atom stereocenters. The minimum absolute atomic E-state index is 0.0649. The highest BCUT2D eigenvalue weighted by Gasteiger charge is 2.36. The van der Waals surface area contributed by atoms with Crippen molar-refractivity contribution in [2.45, 2.75) is 19.1 Å². The Kier molecular flexibility index (Phi) is 3.53. The van der Waals surface area contributed by atoms with Crippen LogP contribution in [-0.4, -0.2) is 41.8 Å². The molecule has 4 aromatic heterocycles. The molecule has 1 unspecified atom stereocenters. The lowest BCUT2D eigenvalue weighted by molar-refractivity contribution is -0.138. The summed E-state index contributed by atoms with van der Waals surface area (Å²) in [4.78, 5) is 15.1. The zero-order chi connectivity index (χ0) is 18.5. The zero-order valence-electron chi connectivity index (χ0n) is 13.2. The maximum absolute atomic E-state index is 13.7. The number of halogens is 4. The number of rotatable bonds is 3. The third-order valence-electron chi connectivity index (χ3n) is 3.87. The number of alkyl halides is 3. The smallest absolute Gasteiger partial charge is 0.345 e. The van der Waals surface area contributed by atoms with Gasteiger partial charge in [0.1, 0.15) is 11.7 Å². The fraction of sp³-hybridized carbons (Fsp3) is 0.200. The number of hydrogen-bond acceptors (Lipinski definition) is 5. The van der Waals surface area contributed by atoms with Crippen molar-refractivity contribution < 1.29 is 17.6 Å². The Labute approximate surface area is 143 Å². The molecular formula is C15H11F4N7. The second-order valence-electron chi connectivity index (χ2n) is 5.64. The van der Waals surface area contributed by atoms with Crippen molar-refractivity contribution in [3.63, 3.8) is 0 Å². The number of nitrogens with one attached hydrogen (secondary N) is 2. The van der Waals surface area contributed by atoms with Crippen molar-refractivity contribution in [2.24, 2.45) is 0 Å². The molecule has 4 rings (SSSR count). The second-order valence-corrected chi connectivity index (χ2v) is 5.64. The maximum Gasteiger partial charge on any atom is 0.408 e. The number of H-pyrrole nitrogens is 1. The Morgan fingerprint density at radius 3 is 2.81 bits per heavy atom. The van der Waals surface area contributed by atoms with Gasteiger partial charge in [0.2, 0.25) is 5.95 Å². The van der Waals surface area contributed by atoms with Gasteiger partial charge in [-0.25, -0.2) is 18.9 Å². The number of anilines is 1. The van der Waals surface area contributed by atoms with Crippen LogP contribution < -0.4 is 5.32 Å². The molecule has 26 heavy (non-hydrogen) atoms. The molecule has 0 aliphatic carbocycles. The maximum atomic E-state index is 13.7. The van der Waals surface area contributed by atoms with Gasteiger partial charge in [0, 0.05) is 29.5 Å². The summed E-state index contributed by atoms with van der Waals surface area (Å²) in [6.07, 6.45) is 1.18. The van der Waals surface area contributed by atoms with E-state index in [0.717, 1.165) is 13.1 Å². The highest BCUT2D eigenvalue weighted by atomic mass is 19.4. The molecule has 0 fully saturated rings. The van der Waals surface area contributed by atoms with E-state index in [0.29, 0.717) is 22.3 Å². The van der Waals surface area contributed by atoms with Crippen LogP contribution in [0.2, 0.25) is 0 Å². The highest BCUT2D eigenvalue weighted by molar-refractivity contribution is 5.92. The number of aromatic amines is 1. The summed E-state index contributed by atoms with van der Waals surface area (Å²) in [5.74, 6) is -0.712. The fourth-order valence-electron chi connectivity index (χ4n) is 2.46. The lowest BCUT2D eigenvalue weighted by Crippen LogP contribution is -2.33. The van der Waals surface area contributed by atoms with E-state index in [1.165, 1.54) is 10.7 Å². The fourth-order valence-corrected chi connectivity index (χ4v) is 2.46. The third-order valence-corrected chi connectivity index (χ3v) is 3.87. The van der Waals surface area contributed by atoms with Crippen LogP contribution in [0.4, 0.5) is 23.5 Å². The normalized spacial score (nSPS) is 13.4. The van der Waals surface area contributed by atoms with E-state index in [2.05, 4.69) is 30.4 Å². The monoisotopic (exact) mass is 365 g/mol. The van der Waals surface area contributed by atoms with E-state index in [9.17, 15) is 17.6 Å². The second kappa shape index (κ2) is 5.64. The first-order valence-corrected chi connectivity index (χ1v) is 7.50. The van der Waals surface area contributed by atoms with Crippen LogP contribution in [0.1, 0.15) is 6.92 Å². The van der Waals surface area contributed by atoms with Crippen LogP contribution in [0.25, 0.3) is 27.9 Å². The molecule has 0 aromatic carbocycles. The predicted molar refractivity (Wildman–Crippen MR) is 85.0 cm³/mol. The Hall–Kier alpha value is -3.24. The predicted octanol–water partition coefficient (Wildman–Crippen LogP) is 3.17. The molecule has 0 aliphatic heterocycles. The summed E-state index contributed by atoms with van der Waals surface area (Å²) in [5, 5.41) is 6.56. The van der Waals surface area contributed by atoms with E-state index >= 15 is 0 Å². The molecule has 0 spiro atoms. The van der Waals surface area contributed by atoms with Gasteiger partial charge in [-0.15, -0.1) is 0 Å². The molecule has 0 bridgehead atoms. The summed E-state index contributed by atoms with van der Waals surface area (Å²) in [6.45, 7) is 0.979. The molecule has 4 heterocycles. The van der Waals surface area contributed by atoms with Crippen LogP contribution in [0.3, 0.4) is 0 Å². The first kappa shape index (κ1) is 16.2. The third kappa shape index (κ3) is 2.70.